The lowest BCUT2D eigenvalue weighted by molar-refractivity contribution is 0.384. The first-order chi connectivity index (χ1) is 14.6. The molecule has 0 aliphatic rings. The third-order valence-corrected chi connectivity index (χ3v) is 5.10. The number of fused-ring (bicyclic) bond motifs is 1. The molecule has 0 bridgehead atoms. The van der Waals surface area contributed by atoms with Crippen LogP contribution in [0.15, 0.2) is 65.6 Å². The Hall–Kier alpha value is -3.45. The number of rotatable bonds is 7. The molecule has 0 aliphatic heterocycles. The fourth-order valence-electron chi connectivity index (χ4n) is 3.57. The second-order valence-electron chi connectivity index (χ2n) is 7.51. The molecule has 0 saturated heterocycles. The molecule has 4 rings (SSSR count). The summed E-state index contributed by atoms with van der Waals surface area (Å²) in [6.45, 7) is 4.83. The van der Waals surface area contributed by atoms with E-state index in [1.807, 2.05) is 48.5 Å². The highest BCUT2D eigenvalue weighted by Crippen LogP contribution is 2.23. The number of hydrogen-bond donors (Lipinski definition) is 2. The summed E-state index contributed by atoms with van der Waals surface area (Å²) in [4.78, 5) is 21.9. The molecule has 4 aromatic rings. The average Bonchev–Trinajstić information content (AvgIpc) is 3.19. The first kappa shape index (κ1) is 19.8. The fraction of sp³-hybridized carbons (Fsp3) is 0.261. The highest BCUT2D eigenvalue weighted by atomic mass is 16.5. The molecule has 7 heteroatoms. The molecule has 1 atom stereocenters. The van der Waals surface area contributed by atoms with E-state index in [1.54, 1.807) is 19.4 Å². The second kappa shape index (κ2) is 8.51. The van der Waals surface area contributed by atoms with E-state index in [4.69, 9.17) is 9.72 Å². The number of aromatic nitrogens is 4. The number of hydrogen-bond acceptors (Lipinski definition) is 5. The van der Waals surface area contributed by atoms with Crippen molar-refractivity contribution in [3.05, 3.63) is 82.4 Å². The van der Waals surface area contributed by atoms with Gasteiger partial charge in [-0.05, 0) is 24.1 Å². The van der Waals surface area contributed by atoms with E-state index in [-0.39, 0.29) is 17.5 Å². The van der Waals surface area contributed by atoms with Gasteiger partial charge in [-0.3, -0.25) is 14.9 Å². The van der Waals surface area contributed by atoms with Crippen molar-refractivity contribution < 1.29 is 4.74 Å². The van der Waals surface area contributed by atoms with Gasteiger partial charge in [-0.25, -0.2) is 9.50 Å². The van der Waals surface area contributed by atoms with E-state index in [9.17, 15) is 4.79 Å². The molecular formula is C23H25N5O2. The largest absolute Gasteiger partial charge is 0.496 e. The highest BCUT2D eigenvalue weighted by Gasteiger charge is 2.20. The monoisotopic (exact) mass is 403 g/mol. The molecule has 2 N–H and O–H groups in total. The quantitative estimate of drug-likeness (QED) is 0.493. The number of pyridine rings is 1. The molecule has 7 nitrogen and oxygen atoms in total. The van der Waals surface area contributed by atoms with Crippen molar-refractivity contribution in [1.29, 1.82) is 0 Å². The van der Waals surface area contributed by atoms with Crippen LogP contribution < -0.4 is 15.6 Å². The van der Waals surface area contributed by atoms with E-state index < -0.39 is 0 Å². The maximum atomic E-state index is 12.8. The van der Waals surface area contributed by atoms with Crippen molar-refractivity contribution >= 4 is 5.65 Å². The van der Waals surface area contributed by atoms with Gasteiger partial charge >= 0.3 is 0 Å². The topological polar surface area (TPSA) is 84.3 Å². The van der Waals surface area contributed by atoms with Crippen molar-refractivity contribution in [2.75, 3.05) is 7.11 Å². The summed E-state index contributed by atoms with van der Waals surface area (Å²) in [5, 5.41) is 6.63. The van der Waals surface area contributed by atoms with Gasteiger partial charge in [-0.15, -0.1) is 0 Å². The maximum Gasteiger partial charge on any atom is 0.272 e. The summed E-state index contributed by atoms with van der Waals surface area (Å²) < 4.78 is 6.90. The minimum Gasteiger partial charge on any atom is -0.496 e. The molecule has 0 aliphatic carbocycles. The van der Waals surface area contributed by atoms with Gasteiger partial charge in [0.25, 0.3) is 5.56 Å². The van der Waals surface area contributed by atoms with Crippen LogP contribution >= 0.6 is 0 Å². The molecular weight excluding hydrogens is 378 g/mol. The summed E-state index contributed by atoms with van der Waals surface area (Å²) in [5.41, 5.74) is 3.71. The molecule has 3 aromatic heterocycles. The van der Waals surface area contributed by atoms with Crippen LogP contribution in [0.5, 0.6) is 5.75 Å². The third-order valence-electron chi connectivity index (χ3n) is 5.10. The smallest absolute Gasteiger partial charge is 0.272 e. The number of methoxy groups -OCH3 is 1. The summed E-state index contributed by atoms with van der Waals surface area (Å²) in [7, 11) is 1.67. The molecule has 0 fully saturated rings. The number of nitrogens with zero attached hydrogens (tertiary/aromatic N) is 3. The van der Waals surface area contributed by atoms with Crippen LogP contribution in [0.3, 0.4) is 0 Å². The van der Waals surface area contributed by atoms with Crippen molar-refractivity contribution in [3.8, 4) is 17.1 Å². The van der Waals surface area contributed by atoms with Crippen LogP contribution in [0.4, 0.5) is 0 Å². The van der Waals surface area contributed by atoms with Crippen LogP contribution in [0.2, 0.25) is 0 Å². The Morgan fingerprint density at radius 2 is 1.93 bits per heavy atom. The predicted molar refractivity (Wildman–Crippen MR) is 116 cm³/mol. The van der Waals surface area contributed by atoms with E-state index >= 15 is 0 Å². The highest BCUT2D eigenvalue weighted by molar-refractivity contribution is 5.60. The van der Waals surface area contributed by atoms with Gasteiger partial charge in [-0.2, -0.15) is 0 Å². The Morgan fingerprint density at radius 1 is 1.13 bits per heavy atom. The fourth-order valence-corrected chi connectivity index (χ4v) is 3.57. The minimum atomic E-state index is -0.151. The minimum absolute atomic E-state index is 0.0826. The summed E-state index contributed by atoms with van der Waals surface area (Å²) >= 11 is 0. The standard InChI is InChI=1S/C23H25N5O2/c1-15(2)23(25-14-16-8-4-5-10-20(16)30-3)19-13-22(29)28-21(26-19)12-18(27-28)17-9-6-7-11-24-17/h4-13,15,23,25,27H,14H2,1-3H3/t23-/m0/s1. The van der Waals surface area contributed by atoms with Crippen LogP contribution in [-0.2, 0) is 6.54 Å². The number of ether oxygens (including phenoxy) is 1. The number of H-pyrrole nitrogens is 1. The van der Waals surface area contributed by atoms with Crippen molar-refractivity contribution in [1.82, 2.24) is 24.9 Å². The molecule has 0 radical (unpaired) electrons. The van der Waals surface area contributed by atoms with E-state index in [0.717, 1.165) is 28.4 Å². The summed E-state index contributed by atoms with van der Waals surface area (Å²) in [5.74, 6) is 1.07. The molecule has 0 amide bonds. The second-order valence-corrected chi connectivity index (χ2v) is 7.51. The van der Waals surface area contributed by atoms with Crippen LogP contribution in [0.1, 0.15) is 31.1 Å². The van der Waals surface area contributed by atoms with Gasteiger partial charge in [0.1, 0.15) is 5.75 Å². The lowest BCUT2D eigenvalue weighted by atomic mass is 10.00. The molecule has 154 valence electrons. The Bertz CT molecular complexity index is 1200. The van der Waals surface area contributed by atoms with Crippen LogP contribution in [0.25, 0.3) is 17.0 Å². The first-order valence-corrected chi connectivity index (χ1v) is 9.96. The Morgan fingerprint density at radius 3 is 2.67 bits per heavy atom. The molecule has 0 unspecified atom stereocenters. The van der Waals surface area contributed by atoms with Crippen molar-refractivity contribution in [3.63, 3.8) is 0 Å². The molecule has 30 heavy (non-hydrogen) atoms. The lowest BCUT2D eigenvalue weighted by Gasteiger charge is -2.22. The SMILES string of the molecule is COc1ccccc1CN[C@H](c1cc(=O)n2[nH]c(-c3ccccn3)cc2n1)C(C)C. The molecule has 3 heterocycles. The number of aromatic amines is 1. The van der Waals surface area contributed by atoms with Crippen LogP contribution in [-0.4, -0.2) is 26.7 Å². The normalized spacial score (nSPS) is 12.4. The Balaban J connectivity index is 1.66. The Labute approximate surface area is 174 Å². The zero-order valence-corrected chi connectivity index (χ0v) is 17.3. The molecule has 1 aromatic carbocycles. The lowest BCUT2D eigenvalue weighted by Crippen LogP contribution is -2.28. The van der Waals surface area contributed by atoms with E-state index in [0.29, 0.717) is 12.2 Å². The number of benzene rings is 1. The zero-order chi connectivity index (χ0) is 21.1. The number of nitrogens with one attached hydrogen (secondary N) is 2. The zero-order valence-electron chi connectivity index (χ0n) is 17.3. The van der Waals surface area contributed by atoms with Gasteiger partial charge in [0.05, 0.1) is 30.2 Å². The van der Waals surface area contributed by atoms with Crippen LogP contribution in [0, 0.1) is 5.92 Å². The van der Waals surface area contributed by atoms with Gasteiger partial charge in [-0.1, -0.05) is 38.1 Å². The summed E-state index contributed by atoms with van der Waals surface area (Å²) in [6.07, 6.45) is 1.72. The van der Waals surface area contributed by atoms with E-state index in [2.05, 4.69) is 29.2 Å². The van der Waals surface area contributed by atoms with E-state index in [1.165, 1.54) is 4.52 Å². The van der Waals surface area contributed by atoms with Gasteiger partial charge in [0, 0.05) is 30.4 Å². The molecule has 0 spiro atoms. The Kier molecular flexibility index (Phi) is 5.63. The first-order valence-electron chi connectivity index (χ1n) is 9.96. The third kappa shape index (κ3) is 3.97. The predicted octanol–water partition coefficient (Wildman–Crippen LogP) is 3.58. The molecule has 0 saturated carbocycles. The maximum absolute atomic E-state index is 12.8. The van der Waals surface area contributed by atoms with Crippen molar-refractivity contribution in [2.45, 2.75) is 26.4 Å². The number of para-hydroxylation sites is 1. The average molecular weight is 403 g/mol. The van der Waals surface area contributed by atoms with Crippen molar-refractivity contribution in [2.24, 2.45) is 5.92 Å². The summed E-state index contributed by atoms with van der Waals surface area (Å²) in [6, 6.07) is 16.9. The van der Waals surface area contributed by atoms with Gasteiger partial charge in [0.15, 0.2) is 5.65 Å². The van der Waals surface area contributed by atoms with Gasteiger partial charge < -0.3 is 10.1 Å². The van der Waals surface area contributed by atoms with Gasteiger partial charge in [0.2, 0.25) is 0 Å².